The summed E-state index contributed by atoms with van der Waals surface area (Å²) in [7, 11) is 1.27. The van der Waals surface area contributed by atoms with Crippen LogP contribution in [0.15, 0.2) is 24.4 Å². The topological polar surface area (TPSA) is 111 Å². The van der Waals surface area contributed by atoms with Crippen LogP contribution in [0.2, 0.25) is 0 Å². The van der Waals surface area contributed by atoms with E-state index in [2.05, 4.69) is 0 Å². The number of nitrogens with two attached hydrogens (primary N) is 1. The summed E-state index contributed by atoms with van der Waals surface area (Å²) in [6, 6.07) is 7.81. The monoisotopic (exact) mass is 410 g/mol. The summed E-state index contributed by atoms with van der Waals surface area (Å²) >= 11 is 0. The van der Waals surface area contributed by atoms with Crippen molar-refractivity contribution in [2.24, 2.45) is 0 Å². The zero-order valence-electron chi connectivity index (χ0n) is 17.7. The van der Waals surface area contributed by atoms with E-state index in [1.54, 1.807) is 9.47 Å². The van der Waals surface area contributed by atoms with E-state index in [1.165, 1.54) is 13.3 Å². The lowest BCUT2D eigenvalue weighted by atomic mass is 10.0. The molecule has 0 aliphatic carbocycles. The van der Waals surface area contributed by atoms with E-state index in [1.807, 2.05) is 45.0 Å². The summed E-state index contributed by atoms with van der Waals surface area (Å²) in [6.07, 6.45) is 2.57. The van der Waals surface area contributed by atoms with Crippen molar-refractivity contribution in [1.29, 1.82) is 5.26 Å². The minimum atomic E-state index is -0.611. The Hall–Kier alpha value is -3.47. The molecule has 1 amide bonds. The van der Waals surface area contributed by atoms with Crippen LogP contribution >= 0.6 is 0 Å². The van der Waals surface area contributed by atoms with Gasteiger partial charge >= 0.3 is 12.1 Å². The van der Waals surface area contributed by atoms with Crippen LogP contribution in [0.25, 0.3) is 5.69 Å². The first-order valence-electron chi connectivity index (χ1n) is 9.74. The normalized spacial score (nSPS) is 13.8. The van der Waals surface area contributed by atoms with E-state index in [4.69, 9.17) is 15.2 Å². The summed E-state index contributed by atoms with van der Waals surface area (Å²) in [5.41, 5.74) is 8.78. The van der Waals surface area contributed by atoms with Gasteiger partial charge in [-0.1, -0.05) is 6.07 Å². The number of anilines is 1. The van der Waals surface area contributed by atoms with Crippen molar-refractivity contribution in [3.63, 3.8) is 0 Å². The van der Waals surface area contributed by atoms with Gasteiger partial charge in [0, 0.05) is 25.0 Å². The number of esters is 1. The molecule has 0 unspecified atom stereocenters. The van der Waals surface area contributed by atoms with Gasteiger partial charge in [-0.2, -0.15) is 5.26 Å². The van der Waals surface area contributed by atoms with Crippen molar-refractivity contribution in [3.8, 4) is 11.8 Å². The number of carbonyl (C=O) groups is 2. The molecule has 2 heterocycles. The fourth-order valence-corrected chi connectivity index (χ4v) is 3.49. The summed E-state index contributed by atoms with van der Waals surface area (Å²) in [5.74, 6) is -0.611. The van der Waals surface area contributed by atoms with Gasteiger partial charge < -0.3 is 24.7 Å². The predicted molar refractivity (Wildman–Crippen MR) is 111 cm³/mol. The van der Waals surface area contributed by atoms with Crippen LogP contribution in [0.5, 0.6) is 0 Å². The van der Waals surface area contributed by atoms with Gasteiger partial charge in [0.2, 0.25) is 0 Å². The fourth-order valence-electron chi connectivity index (χ4n) is 3.49. The van der Waals surface area contributed by atoms with Crippen molar-refractivity contribution >= 4 is 17.7 Å². The maximum Gasteiger partial charge on any atom is 0.410 e. The second kappa shape index (κ2) is 8.11. The molecule has 3 rings (SSSR count). The lowest BCUT2D eigenvalue weighted by Crippen LogP contribution is -2.38. The number of amides is 1. The highest BCUT2D eigenvalue weighted by atomic mass is 16.6. The number of benzene rings is 1. The number of hydrogen-bond donors (Lipinski definition) is 1. The first kappa shape index (κ1) is 21.2. The van der Waals surface area contributed by atoms with E-state index >= 15 is 0 Å². The van der Waals surface area contributed by atoms with Gasteiger partial charge in [0.25, 0.3) is 0 Å². The summed E-state index contributed by atoms with van der Waals surface area (Å²) in [4.78, 5) is 26.4. The predicted octanol–water partition coefficient (Wildman–Crippen LogP) is 3.05. The van der Waals surface area contributed by atoms with Gasteiger partial charge in [-0.3, -0.25) is 0 Å². The zero-order valence-corrected chi connectivity index (χ0v) is 17.7. The van der Waals surface area contributed by atoms with Crippen molar-refractivity contribution in [2.45, 2.75) is 39.2 Å². The maximum atomic E-state index is 12.4. The quantitative estimate of drug-likeness (QED) is 0.762. The van der Waals surface area contributed by atoms with Crippen molar-refractivity contribution in [2.75, 3.05) is 25.9 Å². The highest BCUT2D eigenvalue weighted by Crippen LogP contribution is 2.27. The average Bonchev–Trinajstić information content (AvgIpc) is 2.88. The Balaban J connectivity index is 1.91. The first-order valence-corrected chi connectivity index (χ1v) is 9.74. The molecule has 1 aromatic heterocycles. The summed E-state index contributed by atoms with van der Waals surface area (Å²) < 4.78 is 11.9. The SMILES string of the molecule is COC(=O)c1c(N)c(C#N)cn1-c1ccc2c(c1)CCN(C(=O)OC(C)(C)C)CC2. The number of aromatic nitrogens is 1. The van der Waals surface area contributed by atoms with E-state index < -0.39 is 11.6 Å². The highest BCUT2D eigenvalue weighted by molar-refractivity contribution is 5.96. The Morgan fingerprint density at radius 1 is 1.17 bits per heavy atom. The van der Waals surface area contributed by atoms with Crippen molar-refractivity contribution < 1.29 is 19.1 Å². The Kier molecular flexibility index (Phi) is 5.74. The molecular weight excluding hydrogens is 384 g/mol. The number of hydrogen-bond acceptors (Lipinski definition) is 6. The van der Waals surface area contributed by atoms with Crippen LogP contribution in [-0.2, 0) is 22.3 Å². The standard InChI is InChI=1S/C22H26N4O4/c1-22(2,3)30-21(28)25-9-7-14-5-6-17(11-15(14)8-10-25)26-13-16(12-23)18(24)19(26)20(27)29-4/h5-6,11,13H,7-10,24H2,1-4H3. The number of nitrogens with zero attached hydrogens (tertiary/aromatic N) is 3. The average molecular weight is 410 g/mol. The molecule has 158 valence electrons. The molecule has 2 aromatic rings. The smallest absolute Gasteiger partial charge is 0.410 e. The molecule has 0 atom stereocenters. The van der Waals surface area contributed by atoms with Crippen LogP contribution in [0.4, 0.5) is 10.5 Å². The van der Waals surface area contributed by atoms with Crippen LogP contribution in [0, 0.1) is 11.3 Å². The number of fused-ring (bicyclic) bond motifs is 1. The molecule has 0 saturated carbocycles. The number of nitriles is 1. The molecule has 30 heavy (non-hydrogen) atoms. The molecule has 8 heteroatoms. The third-order valence-electron chi connectivity index (χ3n) is 4.97. The van der Waals surface area contributed by atoms with Gasteiger partial charge in [-0.15, -0.1) is 0 Å². The Labute approximate surface area is 175 Å². The van der Waals surface area contributed by atoms with E-state index in [0.29, 0.717) is 31.6 Å². The molecule has 2 N–H and O–H groups in total. The number of ether oxygens (including phenoxy) is 2. The van der Waals surface area contributed by atoms with Crippen LogP contribution in [0.1, 0.15) is 48.0 Å². The molecule has 0 radical (unpaired) electrons. The molecular formula is C22H26N4O4. The Morgan fingerprint density at radius 2 is 1.83 bits per heavy atom. The second-order valence-electron chi connectivity index (χ2n) is 8.20. The Bertz CT molecular complexity index is 1030. The molecule has 1 aliphatic rings. The summed E-state index contributed by atoms with van der Waals surface area (Å²) in [5, 5.41) is 9.30. The third kappa shape index (κ3) is 4.25. The first-order chi connectivity index (χ1) is 14.1. The second-order valence-corrected chi connectivity index (χ2v) is 8.20. The molecule has 1 aliphatic heterocycles. The zero-order chi connectivity index (χ0) is 22.1. The van der Waals surface area contributed by atoms with Gasteiger partial charge in [-0.25, -0.2) is 9.59 Å². The van der Waals surface area contributed by atoms with Crippen LogP contribution in [0.3, 0.4) is 0 Å². The number of nitrogen functional groups attached to an aromatic ring is 1. The largest absolute Gasteiger partial charge is 0.464 e. The molecule has 0 spiro atoms. The van der Waals surface area contributed by atoms with Crippen LogP contribution in [-0.4, -0.2) is 47.3 Å². The lowest BCUT2D eigenvalue weighted by Gasteiger charge is -2.26. The maximum absolute atomic E-state index is 12.4. The molecule has 0 fully saturated rings. The van der Waals surface area contributed by atoms with E-state index in [-0.39, 0.29) is 23.0 Å². The number of rotatable bonds is 2. The van der Waals surface area contributed by atoms with E-state index in [9.17, 15) is 14.9 Å². The minimum Gasteiger partial charge on any atom is -0.464 e. The van der Waals surface area contributed by atoms with Gasteiger partial charge in [0.05, 0.1) is 18.4 Å². The minimum absolute atomic E-state index is 0.0930. The third-order valence-corrected chi connectivity index (χ3v) is 4.97. The lowest BCUT2D eigenvalue weighted by molar-refractivity contribution is 0.0258. The molecule has 8 nitrogen and oxygen atoms in total. The fraction of sp³-hybridized carbons (Fsp3) is 0.409. The van der Waals surface area contributed by atoms with Crippen molar-refractivity contribution in [1.82, 2.24) is 9.47 Å². The molecule has 1 aromatic carbocycles. The van der Waals surface area contributed by atoms with Gasteiger partial charge in [0.1, 0.15) is 11.7 Å². The van der Waals surface area contributed by atoms with Gasteiger partial charge in [-0.05, 0) is 56.9 Å². The molecule has 0 bridgehead atoms. The van der Waals surface area contributed by atoms with Crippen LogP contribution < -0.4 is 5.73 Å². The number of carbonyl (C=O) groups excluding carboxylic acids is 2. The van der Waals surface area contributed by atoms with Crippen molar-refractivity contribution in [3.05, 3.63) is 46.8 Å². The Morgan fingerprint density at radius 3 is 2.43 bits per heavy atom. The number of methoxy groups -OCH3 is 1. The van der Waals surface area contributed by atoms with E-state index in [0.717, 1.165) is 11.1 Å². The van der Waals surface area contributed by atoms with Gasteiger partial charge in [0.15, 0.2) is 5.69 Å². The molecule has 0 saturated heterocycles. The highest BCUT2D eigenvalue weighted by Gasteiger charge is 2.25. The summed E-state index contributed by atoms with van der Waals surface area (Å²) in [6.45, 7) is 6.65.